The van der Waals surface area contributed by atoms with Crippen LogP contribution in [0.4, 0.5) is 15.8 Å². The predicted molar refractivity (Wildman–Crippen MR) is 103 cm³/mol. The van der Waals surface area contributed by atoms with Crippen LogP contribution in [0.15, 0.2) is 42.5 Å². The molecule has 1 atom stereocenters. The number of esters is 1. The molecule has 0 unspecified atom stereocenters. The van der Waals surface area contributed by atoms with E-state index in [1.54, 1.807) is 48.2 Å². The van der Waals surface area contributed by atoms with Gasteiger partial charge < -0.3 is 15.0 Å². The Morgan fingerprint density at radius 2 is 1.89 bits per heavy atom. The highest BCUT2D eigenvalue weighted by molar-refractivity contribution is 5.98. The second kappa shape index (κ2) is 8.21. The molecule has 28 heavy (non-hydrogen) atoms. The maximum absolute atomic E-state index is 13.6. The van der Waals surface area contributed by atoms with Gasteiger partial charge in [0, 0.05) is 24.3 Å². The van der Waals surface area contributed by atoms with Crippen molar-refractivity contribution >= 4 is 29.2 Å². The van der Waals surface area contributed by atoms with Gasteiger partial charge in [0.2, 0.25) is 5.91 Å². The molecule has 2 amide bonds. The Morgan fingerprint density at radius 1 is 1.18 bits per heavy atom. The van der Waals surface area contributed by atoms with Crippen LogP contribution < -0.4 is 10.2 Å². The van der Waals surface area contributed by atoms with Crippen molar-refractivity contribution < 1.29 is 23.5 Å². The molecule has 1 fully saturated rings. The van der Waals surface area contributed by atoms with Gasteiger partial charge in [-0.3, -0.25) is 9.59 Å². The van der Waals surface area contributed by atoms with Gasteiger partial charge >= 0.3 is 5.97 Å². The first-order valence-corrected chi connectivity index (χ1v) is 9.03. The number of benzene rings is 2. The first-order chi connectivity index (χ1) is 13.3. The summed E-state index contributed by atoms with van der Waals surface area (Å²) in [6.07, 6.45) is 0.290. The smallest absolute Gasteiger partial charge is 0.338 e. The molecule has 1 N–H and O–H groups in total. The number of carbonyl (C=O) groups excluding carboxylic acids is 3. The number of hydrogen-bond acceptors (Lipinski definition) is 4. The first-order valence-electron chi connectivity index (χ1n) is 9.03. The van der Waals surface area contributed by atoms with E-state index < -0.39 is 23.8 Å². The number of rotatable bonds is 5. The Kier molecular flexibility index (Phi) is 5.73. The van der Waals surface area contributed by atoms with Crippen molar-refractivity contribution in [3.8, 4) is 0 Å². The van der Waals surface area contributed by atoms with Crippen LogP contribution in [0.1, 0.15) is 35.7 Å². The van der Waals surface area contributed by atoms with Gasteiger partial charge in [-0.2, -0.15) is 0 Å². The number of ether oxygens (including phenoxy) is 1. The van der Waals surface area contributed by atoms with Crippen LogP contribution in [0.3, 0.4) is 0 Å². The van der Waals surface area contributed by atoms with Gasteiger partial charge in [0.25, 0.3) is 5.91 Å². The fraction of sp³-hybridized carbons (Fsp3) is 0.286. The largest absolute Gasteiger partial charge is 0.449 e. The molecule has 1 saturated heterocycles. The normalized spacial score (nSPS) is 14.7. The topological polar surface area (TPSA) is 75.7 Å². The third-order valence-electron chi connectivity index (χ3n) is 4.58. The third-order valence-corrected chi connectivity index (χ3v) is 4.58. The lowest BCUT2D eigenvalue weighted by Gasteiger charge is -2.16. The van der Waals surface area contributed by atoms with Crippen LogP contribution in [0.2, 0.25) is 0 Å². The van der Waals surface area contributed by atoms with Crippen LogP contribution in [0.5, 0.6) is 0 Å². The van der Waals surface area contributed by atoms with Crippen molar-refractivity contribution in [2.24, 2.45) is 0 Å². The zero-order chi connectivity index (χ0) is 20.3. The summed E-state index contributed by atoms with van der Waals surface area (Å²) >= 11 is 0. The van der Waals surface area contributed by atoms with Crippen LogP contribution in [-0.4, -0.2) is 30.4 Å². The van der Waals surface area contributed by atoms with E-state index in [0.717, 1.165) is 12.1 Å². The minimum absolute atomic E-state index is 0.0631. The third kappa shape index (κ3) is 4.36. The van der Waals surface area contributed by atoms with Crippen molar-refractivity contribution in [3.63, 3.8) is 0 Å². The van der Waals surface area contributed by atoms with E-state index >= 15 is 0 Å². The number of nitrogens with zero attached hydrogens (tertiary/aromatic N) is 1. The molecule has 2 aromatic rings. The number of nitrogens with one attached hydrogen (secondary N) is 1. The quantitative estimate of drug-likeness (QED) is 0.802. The van der Waals surface area contributed by atoms with Crippen molar-refractivity contribution in [1.82, 2.24) is 0 Å². The second-order valence-electron chi connectivity index (χ2n) is 6.70. The summed E-state index contributed by atoms with van der Waals surface area (Å²) in [5.41, 5.74) is 1.76. The number of anilines is 2. The number of carbonyl (C=O) groups is 3. The highest BCUT2D eigenvalue weighted by Gasteiger charge is 2.23. The van der Waals surface area contributed by atoms with E-state index in [0.29, 0.717) is 18.5 Å². The Hall–Kier alpha value is -3.22. The van der Waals surface area contributed by atoms with E-state index in [4.69, 9.17) is 4.74 Å². The zero-order valence-corrected chi connectivity index (χ0v) is 15.7. The molecule has 0 saturated carbocycles. The van der Waals surface area contributed by atoms with Crippen LogP contribution >= 0.6 is 0 Å². The number of aryl methyl sites for hydroxylation is 1. The zero-order valence-electron chi connectivity index (χ0n) is 15.7. The molecule has 1 aliphatic heterocycles. The van der Waals surface area contributed by atoms with E-state index in [1.807, 2.05) is 0 Å². The highest BCUT2D eigenvalue weighted by atomic mass is 19.1. The van der Waals surface area contributed by atoms with Crippen molar-refractivity contribution in [2.75, 3.05) is 16.8 Å². The molecule has 1 aliphatic rings. The van der Waals surface area contributed by atoms with Crippen LogP contribution in [-0.2, 0) is 14.3 Å². The van der Waals surface area contributed by atoms with Crippen molar-refractivity contribution in [1.29, 1.82) is 0 Å². The van der Waals surface area contributed by atoms with Gasteiger partial charge in [-0.1, -0.05) is 6.07 Å². The second-order valence-corrected chi connectivity index (χ2v) is 6.70. The maximum Gasteiger partial charge on any atom is 0.338 e. The minimum Gasteiger partial charge on any atom is -0.449 e. The number of halogens is 1. The van der Waals surface area contributed by atoms with Gasteiger partial charge in [-0.15, -0.1) is 0 Å². The summed E-state index contributed by atoms with van der Waals surface area (Å²) in [5.74, 6) is -1.58. The monoisotopic (exact) mass is 384 g/mol. The number of hydrogen-bond donors (Lipinski definition) is 1. The molecule has 0 bridgehead atoms. The maximum atomic E-state index is 13.6. The van der Waals surface area contributed by atoms with Crippen molar-refractivity contribution in [2.45, 2.75) is 32.8 Å². The Labute approximate surface area is 162 Å². The van der Waals surface area contributed by atoms with Gasteiger partial charge in [0.05, 0.1) is 5.56 Å². The van der Waals surface area contributed by atoms with E-state index in [1.165, 1.54) is 13.0 Å². The standard InChI is InChI=1S/C21H21FN2O4/c1-13-5-8-16(12-18(13)22)23-20(26)14(2)28-21(27)15-6-9-17(10-7-15)24-11-3-4-19(24)25/h5-10,12,14H,3-4,11H2,1-2H3,(H,23,26)/t14-/m1/s1. The van der Waals surface area contributed by atoms with Gasteiger partial charge in [-0.25, -0.2) is 9.18 Å². The molecule has 0 aliphatic carbocycles. The molecule has 0 radical (unpaired) electrons. The van der Waals surface area contributed by atoms with Gasteiger partial charge in [0.15, 0.2) is 6.10 Å². The van der Waals surface area contributed by atoms with E-state index in [-0.39, 0.29) is 17.2 Å². The Bertz CT molecular complexity index is 911. The predicted octanol–water partition coefficient (Wildman–Crippen LogP) is 3.44. The fourth-order valence-corrected chi connectivity index (χ4v) is 2.90. The fourth-order valence-electron chi connectivity index (χ4n) is 2.90. The van der Waals surface area contributed by atoms with Gasteiger partial charge in [0.1, 0.15) is 5.82 Å². The Morgan fingerprint density at radius 3 is 2.50 bits per heavy atom. The summed E-state index contributed by atoms with van der Waals surface area (Å²) in [4.78, 5) is 37.9. The average molecular weight is 384 g/mol. The summed E-state index contributed by atoms with van der Waals surface area (Å²) < 4.78 is 18.8. The van der Waals surface area contributed by atoms with Crippen LogP contribution in [0, 0.1) is 12.7 Å². The molecule has 1 heterocycles. The average Bonchev–Trinajstić information content (AvgIpc) is 3.10. The summed E-state index contributed by atoms with van der Waals surface area (Å²) in [5, 5.41) is 2.52. The van der Waals surface area contributed by atoms with E-state index in [2.05, 4.69) is 5.32 Å². The van der Waals surface area contributed by atoms with Crippen LogP contribution in [0.25, 0.3) is 0 Å². The molecule has 146 valence electrons. The first kappa shape index (κ1) is 19.5. The molecule has 3 rings (SSSR count). The highest BCUT2D eigenvalue weighted by Crippen LogP contribution is 2.22. The number of amides is 2. The molecular formula is C21H21FN2O4. The molecule has 2 aromatic carbocycles. The summed E-state index contributed by atoms with van der Waals surface area (Å²) in [6, 6.07) is 10.8. The summed E-state index contributed by atoms with van der Waals surface area (Å²) in [6.45, 7) is 3.73. The van der Waals surface area contributed by atoms with Gasteiger partial charge in [-0.05, 0) is 62.2 Å². The molecule has 7 heteroatoms. The SMILES string of the molecule is Cc1ccc(NC(=O)[C@@H](C)OC(=O)c2ccc(N3CCCC3=O)cc2)cc1F. The lowest BCUT2D eigenvalue weighted by atomic mass is 10.2. The van der Waals surface area contributed by atoms with E-state index in [9.17, 15) is 18.8 Å². The minimum atomic E-state index is -1.06. The lowest BCUT2D eigenvalue weighted by molar-refractivity contribution is -0.123. The lowest BCUT2D eigenvalue weighted by Crippen LogP contribution is -2.30. The molecular weight excluding hydrogens is 363 g/mol. The molecule has 0 spiro atoms. The molecule has 0 aromatic heterocycles. The Balaban J connectivity index is 1.59. The summed E-state index contributed by atoms with van der Waals surface area (Å²) in [7, 11) is 0. The van der Waals surface area contributed by atoms with Crippen molar-refractivity contribution in [3.05, 3.63) is 59.4 Å². The molecule has 6 nitrogen and oxygen atoms in total.